The Labute approximate surface area is 128 Å². The van der Waals surface area contributed by atoms with Gasteiger partial charge in [-0.25, -0.2) is 8.42 Å². The Balaban J connectivity index is 2.14. The largest absolute Gasteiger partial charge is 0.310 e. The molecule has 1 saturated heterocycles. The van der Waals surface area contributed by atoms with Crippen LogP contribution < -0.4 is 5.32 Å². The molecule has 1 aromatic rings. The van der Waals surface area contributed by atoms with E-state index in [9.17, 15) is 8.42 Å². The lowest BCUT2D eigenvalue weighted by Gasteiger charge is -2.28. The van der Waals surface area contributed by atoms with E-state index in [0.29, 0.717) is 18.2 Å². The Bertz CT molecular complexity index is 650. The summed E-state index contributed by atoms with van der Waals surface area (Å²) in [6.45, 7) is 7.70. The first-order valence-corrected chi connectivity index (χ1v) is 9.68. The Morgan fingerprint density at radius 2 is 2.00 bits per heavy atom. The summed E-state index contributed by atoms with van der Waals surface area (Å²) in [5.74, 6) is 0.519. The van der Waals surface area contributed by atoms with E-state index in [-0.39, 0.29) is 11.2 Å². The fraction of sp³-hybridized carbons (Fsp3) is 0.647. The molecule has 3 rings (SSSR count). The molecule has 1 unspecified atom stereocenters. The molecule has 0 spiro atoms. The molecule has 2 aliphatic rings. The van der Waals surface area contributed by atoms with Gasteiger partial charge in [0, 0.05) is 6.04 Å². The minimum Gasteiger partial charge on any atom is -0.310 e. The highest BCUT2D eigenvalue weighted by atomic mass is 32.2. The third-order valence-corrected chi connectivity index (χ3v) is 6.28. The Hall–Kier alpha value is -0.870. The summed E-state index contributed by atoms with van der Waals surface area (Å²) in [5, 5.41) is 3.53. The highest BCUT2D eigenvalue weighted by Crippen LogP contribution is 2.36. The number of hydrogen-bond donors (Lipinski definition) is 1. The van der Waals surface area contributed by atoms with Crippen molar-refractivity contribution in [3.05, 3.63) is 34.4 Å². The molecule has 2 heterocycles. The van der Waals surface area contributed by atoms with Crippen molar-refractivity contribution in [3.8, 4) is 0 Å². The van der Waals surface area contributed by atoms with Crippen molar-refractivity contribution in [1.29, 1.82) is 0 Å². The van der Waals surface area contributed by atoms with Gasteiger partial charge in [0.05, 0.1) is 11.5 Å². The van der Waals surface area contributed by atoms with Crippen LogP contribution in [0.3, 0.4) is 0 Å². The molecule has 21 heavy (non-hydrogen) atoms. The minimum absolute atomic E-state index is 0.0959. The summed E-state index contributed by atoms with van der Waals surface area (Å²) in [6.07, 6.45) is 2.95. The van der Waals surface area contributed by atoms with Crippen LogP contribution in [0, 0.1) is 0 Å². The van der Waals surface area contributed by atoms with Crippen LogP contribution in [0.5, 0.6) is 0 Å². The molecule has 0 aliphatic carbocycles. The van der Waals surface area contributed by atoms with Crippen molar-refractivity contribution < 1.29 is 8.42 Å². The molecule has 4 heteroatoms. The molecule has 1 atom stereocenters. The van der Waals surface area contributed by atoms with Crippen molar-refractivity contribution >= 4 is 9.84 Å². The SMILES string of the molecule is CC(C)(C)c1cc2c(c(C3CCCN3)c1)CS(=O)(=O)CC2. The fourth-order valence-corrected chi connectivity index (χ4v) is 4.87. The second-order valence-electron chi connectivity index (χ2n) is 7.44. The highest BCUT2D eigenvalue weighted by Gasteiger charge is 2.29. The molecule has 0 aromatic heterocycles. The average Bonchev–Trinajstić information content (AvgIpc) is 2.89. The summed E-state index contributed by atoms with van der Waals surface area (Å²) < 4.78 is 24.1. The Morgan fingerprint density at radius 3 is 2.62 bits per heavy atom. The van der Waals surface area contributed by atoms with Crippen LogP contribution in [0.2, 0.25) is 0 Å². The first-order chi connectivity index (χ1) is 9.76. The van der Waals surface area contributed by atoms with Crippen LogP contribution in [0.25, 0.3) is 0 Å². The molecular formula is C17H25NO2S. The van der Waals surface area contributed by atoms with Gasteiger partial charge in [0.15, 0.2) is 9.84 Å². The van der Waals surface area contributed by atoms with Gasteiger partial charge in [0.1, 0.15) is 0 Å². The molecular weight excluding hydrogens is 282 g/mol. The van der Waals surface area contributed by atoms with Crippen molar-refractivity contribution in [1.82, 2.24) is 5.32 Å². The van der Waals surface area contributed by atoms with E-state index in [1.54, 1.807) is 0 Å². The molecule has 116 valence electrons. The summed E-state index contributed by atoms with van der Waals surface area (Å²) in [7, 11) is -2.92. The normalized spacial score (nSPS) is 24.8. The van der Waals surface area contributed by atoms with E-state index in [1.165, 1.54) is 23.1 Å². The quantitative estimate of drug-likeness (QED) is 0.868. The standard InChI is InChI=1S/C17H25NO2S/c1-17(2,3)13-9-12-6-8-21(19,20)11-15(12)14(10-13)16-5-4-7-18-16/h9-10,16,18H,4-8,11H2,1-3H3. The maximum absolute atomic E-state index is 12.0. The molecule has 1 aromatic carbocycles. The summed E-state index contributed by atoms with van der Waals surface area (Å²) >= 11 is 0. The van der Waals surface area contributed by atoms with Crippen LogP contribution in [-0.4, -0.2) is 20.7 Å². The van der Waals surface area contributed by atoms with Crippen LogP contribution in [0.15, 0.2) is 12.1 Å². The van der Waals surface area contributed by atoms with Gasteiger partial charge in [-0.1, -0.05) is 32.9 Å². The van der Waals surface area contributed by atoms with Gasteiger partial charge in [0.2, 0.25) is 0 Å². The van der Waals surface area contributed by atoms with E-state index in [1.807, 2.05) is 0 Å². The lowest BCUT2D eigenvalue weighted by molar-refractivity contribution is 0.576. The van der Waals surface area contributed by atoms with E-state index in [0.717, 1.165) is 18.5 Å². The number of aryl methyl sites for hydroxylation is 1. The van der Waals surface area contributed by atoms with E-state index < -0.39 is 9.84 Å². The van der Waals surface area contributed by atoms with Crippen molar-refractivity contribution in [2.75, 3.05) is 12.3 Å². The smallest absolute Gasteiger partial charge is 0.154 e. The van der Waals surface area contributed by atoms with Crippen molar-refractivity contribution in [3.63, 3.8) is 0 Å². The van der Waals surface area contributed by atoms with Gasteiger partial charge in [-0.15, -0.1) is 0 Å². The first-order valence-electron chi connectivity index (χ1n) is 7.86. The lowest BCUT2D eigenvalue weighted by atomic mass is 9.81. The molecule has 2 aliphatic heterocycles. The van der Waals surface area contributed by atoms with Crippen LogP contribution >= 0.6 is 0 Å². The van der Waals surface area contributed by atoms with E-state index >= 15 is 0 Å². The Kier molecular flexibility index (Phi) is 3.65. The zero-order valence-corrected chi connectivity index (χ0v) is 14.0. The van der Waals surface area contributed by atoms with Gasteiger partial charge >= 0.3 is 0 Å². The van der Waals surface area contributed by atoms with Gasteiger partial charge < -0.3 is 5.32 Å². The number of nitrogens with one attached hydrogen (secondary N) is 1. The first kappa shape index (κ1) is 15.0. The second-order valence-corrected chi connectivity index (χ2v) is 9.63. The second kappa shape index (κ2) is 5.10. The summed E-state index contributed by atoms with van der Waals surface area (Å²) in [4.78, 5) is 0. The van der Waals surface area contributed by atoms with E-state index in [4.69, 9.17) is 0 Å². The summed E-state index contributed by atoms with van der Waals surface area (Å²) in [5.41, 5.74) is 4.98. The van der Waals surface area contributed by atoms with Crippen LogP contribution in [0.4, 0.5) is 0 Å². The van der Waals surface area contributed by atoms with Gasteiger partial charge in [-0.05, 0) is 53.5 Å². The number of fused-ring (bicyclic) bond motifs is 1. The maximum Gasteiger partial charge on any atom is 0.154 e. The van der Waals surface area contributed by atoms with Gasteiger partial charge in [-0.2, -0.15) is 0 Å². The number of sulfone groups is 1. The molecule has 0 amide bonds. The molecule has 0 saturated carbocycles. The van der Waals surface area contributed by atoms with E-state index in [2.05, 4.69) is 38.2 Å². The third kappa shape index (κ3) is 3.02. The van der Waals surface area contributed by atoms with Gasteiger partial charge in [0.25, 0.3) is 0 Å². The monoisotopic (exact) mass is 307 g/mol. The molecule has 0 bridgehead atoms. The zero-order valence-electron chi connectivity index (χ0n) is 13.2. The molecule has 1 fully saturated rings. The zero-order chi connectivity index (χ0) is 15.3. The molecule has 0 radical (unpaired) electrons. The minimum atomic E-state index is -2.92. The van der Waals surface area contributed by atoms with Gasteiger partial charge in [-0.3, -0.25) is 0 Å². The lowest BCUT2D eigenvalue weighted by Crippen LogP contribution is -2.25. The summed E-state index contributed by atoms with van der Waals surface area (Å²) in [6, 6.07) is 4.82. The fourth-order valence-electron chi connectivity index (χ4n) is 3.41. The Morgan fingerprint density at radius 1 is 1.24 bits per heavy atom. The van der Waals surface area contributed by atoms with Crippen molar-refractivity contribution in [2.45, 2.75) is 57.2 Å². The third-order valence-electron chi connectivity index (χ3n) is 4.73. The predicted octanol–water partition coefficient (Wildman–Crippen LogP) is 2.88. The number of rotatable bonds is 1. The number of benzene rings is 1. The van der Waals surface area contributed by atoms with Crippen LogP contribution in [0.1, 0.15) is 61.9 Å². The molecule has 3 nitrogen and oxygen atoms in total. The topological polar surface area (TPSA) is 46.2 Å². The predicted molar refractivity (Wildman–Crippen MR) is 86.3 cm³/mol. The molecule has 1 N–H and O–H groups in total. The average molecular weight is 307 g/mol. The van der Waals surface area contributed by atoms with Crippen LogP contribution in [-0.2, 0) is 27.4 Å². The van der Waals surface area contributed by atoms with Crippen molar-refractivity contribution in [2.24, 2.45) is 0 Å². The highest BCUT2D eigenvalue weighted by molar-refractivity contribution is 7.90. The number of hydrogen-bond acceptors (Lipinski definition) is 3. The maximum atomic E-state index is 12.0.